The summed E-state index contributed by atoms with van der Waals surface area (Å²) in [5.41, 5.74) is 2.59. The summed E-state index contributed by atoms with van der Waals surface area (Å²) in [7, 11) is -3.80. The molecular formula is C22H32N6O4S2. The van der Waals surface area contributed by atoms with Crippen molar-refractivity contribution in [1.29, 1.82) is 5.41 Å². The Morgan fingerprint density at radius 1 is 1.44 bits per heavy atom. The van der Waals surface area contributed by atoms with Crippen molar-refractivity contribution < 1.29 is 17.9 Å². The molecule has 0 bridgehead atoms. The molecule has 1 fully saturated rings. The van der Waals surface area contributed by atoms with Crippen LogP contribution in [0.3, 0.4) is 0 Å². The minimum atomic E-state index is -3.80. The lowest BCUT2D eigenvalue weighted by atomic mass is 10.2. The highest BCUT2D eigenvalue weighted by atomic mass is 32.2. The van der Waals surface area contributed by atoms with E-state index in [1.807, 2.05) is 0 Å². The standard InChI is InChI=1S/C22H32N6O4S2/c1-15(2)4-5-19-16(3)14-28(34(19,30)31)20-13-25-22(32-20)21(29)26-17(12-23)18(6-11-33)27-9-7-24-8-10-27/h4-5,12-13,20,22-24,33H,1,6-11,14H2,2-3H3,(H,26,29)/b5-4?,18-17-,23-12?. The molecule has 2 atom stereocenters. The molecule has 3 aliphatic heterocycles. The number of nitrogens with one attached hydrogen (secondary N) is 3. The molecule has 3 heterocycles. The fourth-order valence-electron chi connectivity index (χ4n) is 3.93. The van der Waals surface area contributed by atoms with E-state index in [0.717, 1.165) is 43.7 Å². The third-order valence-corrected chi connectivity index (χ3v) is 7.82. The molecule has 1 saturated heterocycles. The number of carbonyl (C=O) groups is 1. The second-order valence-electron chi connectivity index (χ2n) is 8.26. The normalized spacial score (nSPS) is 25.7. The average molecular weight is 509 g/mol. The SMILES string of the molecule is C=C(C)C=CC1=C(C)CN(C2C=NC(C(=O)N/C(C=N)=C(/CCS)N3CCNCC3)O2)S1(=O)=O. The lowest BCUT2D eigenvalue weighted by Crippen LogP contribution is -2.45. The van der Waals surface area contributed by atoms with Gasteiger partial charge in [0.2, 0.25) is 16.3 Å². The van der Waals surface area contributed by atoms with E-state index in [0.29, 0.717) is 23.4 Å². The number of nitrogens with zero attached hydrogens (tertiary/aromatic N) is 3. The molecule has 0 aromatic heterocycles. The first-order chi connectivity index (χ1) is 16.2. The second-order valence-corrected chi connectivity index (χ2v) is 10.6. The first kappa shape index (κ1) is 26.4. The third kappa shape index (κ3) is 5.87. The number of rotatable bonds is 9. The van der Waals surface area contributed by atoms with E-state index >= 15 is 0 Å². The summed E-state index contributed by atoms with van der Waals surface area (Å²) < 4.78 is 32.9. The Morgan fingerprint density at radius 3 is 2.76 bits per heavy atom. The van der Waals surface area contributed by atoms with Crippen LogP contribution in [0.1, 0.15) is 20.3 Å². The first-order valence-corrected chi connectivity index (χ1v) is 13.1. The number of hydrogen-bond acceptors (Lipinski definition) is 9. The minimum Gasteiger partial charge on any atom is -0.371 e. The van der Waals surface area contributed by atoms with Gasteiger partial charge in [0.1, 0.15) is 0 Å². The predicted octanol–water partition coefficient (Wildman–Crippen LogP) is 0.994. The quantitative estimate of drug-likeness (QED) is 0.209. The van der Waals surface area contributed by atoms with Crippen LogP contribution in [0.25, 0.3) is 0 Å². The highest BCUT2D eigenvalue weighted by Gasteiger charge is 2.42. The molecule has 2 unspecified atom stereocenters. The molecule has 0 aromatic carbocycles. The smallest absolute Gasteiger partial charge is 0.276 e. The number of carbonyl (C=O) groups excluding carboxylic acids is 1. The predicted molar refractivity (Wildman–Crippen MR) is 136 cm³/mol. The summed E-state index contributed by atoms with van der Waals surface area (Å²) in [6.45, 7) is 10.6. The molecule has 186 valence electrons. The fraction of sp³-hybridized carbons (Fsp3) is 0.500. The van der Waals surface area contributed by atoms with E-state index in [1.54, 1.807) is 19.9 Å². The lowest BCUT2D eigenvalue weighted by molar-refractivity contribution is -0.133. The molecule has 0 saturated carbocycles. The zero-order valence-corrected chi connectivity index (χ0v) is 21.2. The highest BCUT2D eigenvalue weighted by molar-refractivity contribution is 7.93. The van der Waals surface area contributed by atoms with Gasteiger partial charge in [0.05, 0.1) is 10.6 Å². The van der Waals surface area contributed by atoms with Crippen LogP contribution in [0, 0.1) is 5.41 Å². The average Bonchev–Trinajstić information content (AvgIpc) is 3.37. The Hall–Kier alpha value is -2.25. The van der Waals surface area contributed by atoms with Gasteiger partial charge in [-0.05, 0) is 37.7 Å². The van der Waals surface area contributed by atoms with Crippen LogP contribution in [0.2, 0.25) is 0 Å². The molecule has 1 amide bonds. The number of allylic oxidation sites excluding steroid dienone is 5. The van der Waals surface area contributed by atoms with Crippen molar-refractivity contribution in [2.75, 3.05) is 38.5 Å². The van der Waals surface area contributed by atoms with Gasteiger partial charge in [-0.2, -0.15) is 16.9 Å². The second kappa shape index (κ2) is 11.5. The number of aliphatic imine (C=N–C) groups is 1. The van der Waals surface area contributed by atoms with E-state index in [1.165, 1.54) is 16.6 Å². The van der Waals surface area contributed by atoms with Gasteiger partial charge in [-0.15, -0.1) is 0 Å². The molecule has 3 aliphatic rings. The van der Waals surface area contributed by atoms with Crippen LogP contribution in [0.15, 0.2) is 51.2 Å². The molecule has 12 heteroatoms. The highest BCUT2D eigenvalue weighted by Crippen LogP contribution is 2.31. The molecule has 0 aliphatic carbocycles. The zero-order chi connectivity index (χ0) is 24.9. The van der Waals surface area contributed by atoms with Gasteiger partial charge in [0.15, 0.2) is 6.23 Å². The van der Waals surface area contributed by atoms with Gasteiger partial charge < -0.3 is 25.7 Å². The molecule has 3 rings (SSSR count). The maximum Gasteiger partial charge on any atom is 0.276 e. The van der Waals surface area contributed by atoms with Crippen molar-refractivity contribution in [1.82, 2.24) is 19.8 Å². The number of ether oxygens (including phenoxy) is 1. The van der Waals surface area contributed by atoms with E-state index < -0.39 is 28.4 Å². The van der Waals surface area contributed by atoms with Gasteiger partial charge in [0.25, 0.3) is 5.91 Å². The van der Waals surface area contributed by atoms with Crippen molar-refractivity contribution >= 4 is 41.0 Å². The molecule has 0 radical (unpaired) electrons. The maximum atomic E-state index is 13.0. The number of amides is 1. The van der Waals surface area contributed by atoms with Gasteiger partial charge in [0, 0.05) is 50.9 Å². The monoisotopic (exact) mass is 508 g/mol. The van der Waals surface area contributed by atoms with E-state index in [2.05, 4.69) is 39.7 Å². The van der Waals surface area contributed by atoms with Gasteiger partial charge in [-0.3, -0.25) is 9.79 Å². The van der Waals surface area contributed by atoms with Crippen LogP contribution in [0.4, 0.5) is 0 Å². The van der Waals surface area contributed by atoms with Crippen molar-refractivity contribution in [2.24, 2.45) is 4.99 Å². The Balaban J connectivity index is 1.70. The van der Waals surface area contributed by atoms with Crippen molar-refractivity contribution in [3.05, 3.63) is 46.2 Å². The molecule has 0 spiro atoms. The Morgan fingerprint density at radius 2 is 2.15 bits per heavy atom. The Bertz CT molecular complexity index is 1060. The van der Waals surface area contributed by atoms with Crippen LogP contribution in [-0.4, -0.2) is 86.9 Å². The molecular weight excluding hydrogens is 476 g/mol. The molecule has 0 aromatic rings. The van der Waals surface area contributed by atoms with Gasteiger partial charge >= 0.3 is 0 Å². The van der Waals surface area contributed by atoms with E-state index in [9.17, 15) is 13.2 Å². The van der Waals surface area contributed by atoms with Crippen LogP contribution >= 0.6 is 12.6 Å². The summed E-state index contributed by atoms with van der Waals surface area (Å²) in [6.07, 6.45) is 3.99. The molecule has 3 N–H and O–H groups in total. The summed E-state index contributed by atoms with van der Waals surface area (Å²) in [4.78, 5) is 19.3. The zero-order valence-electron chi connectivity index (χ0n) is 19.5. The molecule has 34 heavy (non-hydrogen) atoms. The Kier molecular flexibility index (Phi) is 8.88. The number of piperazine rings is 1. The lowest BCUT2D eigenvalue weighted by Gasteiger charge is -2.33. The van der Waals surface area contributed by atoms with E-state index in [4.69, 9.17) is 10.1 Å². The number of hydrogen-bond donors (Lipinski definition) is 4. The van der Waals surface area contributed by atoms with Crippen molar-refractivity contribution in [3.8, 4) is 0 Å². The summed E-state index contributed by atoms with van der Waals surface area (Å²) >= 11 is 4.32. The van der Waals surface area contributed by atoms with Crippen LogP contribution in [0.5, 0.6) is 0 Å². The maximum absolute atomic E-state index is 13.0. The summed E-state index contributed by atoms with van der Waals surface area (Å²) in [5.74, 6) is 0.00116. The number of thiol groups is 1. The third-order valence-electron chi connectivity index (χ3n) is 5.61. The van der Waals surface area contributed by atoms with Crippen molar-refractivity contribution in [2.45, 2.75) is 32.7 Å². The van der Waals surface area contributed by atoms with E-state index in [-0.39, 0.29) is 11.4 Å². The van der Waals surface area contributed by atoms with Crippen LogP contribution in [-0.2, 0) is 19.6 Å². The Labute approximate surface area is 206 Å². The number of sulfonamides is 1. The minimum absolute atomic E-state index is 0.143. The first-order valence-electron chi connectivity index (χ1n) is 11.0. The molecule has 10 nitrogen and oxygen atoms in total. The van der Waals surface area contributed by atoms with Gasteiger partial charge in [-0.1, -0.05) is 18.2 Å². The van der Waals surface area contributed by atoms with Crippen LogP contribution < -0.4 is 10.6 Å². The van der Waals surface area contributed by atoms with Crippen molar-refractivity contribution in [3.63, 3.8) is 0 Å². The summed E-state index contributed by atoms with van der Waals surface area (Å²) in [6, 6.07) is 0. The van der Waals surface area contributed by atoms with Gasteiger partial charge in [-0.25, -0.2) is 8.42 Å². The topological polar surface area (TPSA) is 127 Å². The fourth-order valence-corrected chi connectivity index (χ4v) is 5.88. The summed E-state index contributed by atoms with van der Waals surface area (Å²) in [5, 5.41) is 13.9. The largest absolute Gasteiger partial charge is 0.371 e.